The maximum absolute atomic E-state index is 3.45. The van der Waals surface area contributed by atoms with E-state index in [0.29, 0.717) is 6.04 Å². The highest BCUT2D eigenvalue weighted by Gasteiger charge is 2.05. The second-order valence-electron chi connectivity index (χ2n) is 3.70. The number of nitrogens with one attached hydrogen (secondary N) is 1. The second kappa shape index (κ2) is 4.77. The zero-order valence-corrected chi connectivity index (χ0v) is 9.79. The van der Waals surface area contributed by atoms with Gasteiger partial charge < -0.3 is 5.32 Å². The van der Waals surface area contributed by atoms with Gasteiger partial charge in [-0.15, -0.1) is 11.3 Å². The van der Waals surface area contributed by atoms with Gasteiger partial charge in [-0.2, -0.15) is 0 Å². The largest absolute Gasteiger partial charge is 0.310 e. The normalized spacial score (nSPS) is 11.2. The summed E-state index contributed by atoms with van der Waals surface area (Å²) >= 11 is 1.89. The predicted molar refractivity (Wildman–Crippen MR) is 60.4 cm³/mol. The lowest BCUT2D eigenvalue weighted by molar-refractivity contribution is 0.588. The van der Waals surface area contributed by atoms with Crippen molar-refractivity contribution in [2.75, 3.05) is 0 Å². The summed E-state index contributed by atoms with van der Waals surface area (Å²) in [5, 5.41) is 5.73. The quantitative estimate of drug-likeness (QED) is 0.782. The van der Waals surface area contributed by atoms with Gasteiger partial charge in [-0.3, -0.25) is 0 Å². The zero-order chi connectivity index (χ0) is 9.84. The van der Waals surface area contributed by atoms with Crippen molar-refractivity contribution in [3.63, 3.8) is 0 Å². The SMILES string of the molecule is CCc1scc(CNC(C)C)c1C. The topological polar surface area (TPSA) is 12.0 Å². The van der Waals surface area contributed by atoms with Crippen molar-refractivity contribution in [3.8, 4) is 0 Å². The van der Waals surface area contributed by atoms with E-state index in [1.165, 1.54) is 16.0 Å². The number of hydrogen-bond acceptors (Lipinski definition) is 2. The summed E-state index contributed by atoms with van der Waals surface area (Å²) in [4.78, 5) is 1.53. The molecule has 0 saturated carbocycles. The van der Waals surface area contributed by atoms with E-state index in [9.17, 15) is 0 Å². The molecule has 1 heterocycles. The molecule has 0 aliphatic carbocycles. The van der Waals surface area contributed by atoms with Crippen LogP contribution in [0.3, 0.4) is 0 Å². The lowest BCUT2D eigenvalue weighted by Gasteiger charge is -2.07. The fraction of sp³-hybridized carbons (Fsp3) is 0.636. The third-order valence-electron chi connectivity index (χ3n) is 2.27. The van der Waals surface area contributed by atoms with Crippen LogP contribution in [0.1, 0.15) is 36.8 Å². The van der Waals surface area contributed by atoms with E-state index in [0.717, 1.165) is 13.0 Å². The molecule has 13 heavy (non-hydrogen) atoms. The van der Waals surface area contributed by atoms with Gasteiger partial charge in [-0.05, 0) is 29.9 Å². The molecule has 1 nitrogen and oxygen atoms in total. The van der Waals surface area contributed by atoms with Crippen molar-refractivity contribution in [1.82, 2.24) is 5.32 Å². The first-order valence-electron chi connectivity index (χ1n) is 4.94. The molecule has 0 amide bonds. The van der Waals surface area contributed by atoms with E-state index in [-0.39, 0.29) is 0 Å². The average Bonchev–Trinajstić information content (AvgIpc) is 2.43. The highest BCUT2D eigenvalue weighted by Crippen LogP contribution is 2.21. The fourth-order valence-electron chi connectivity index (χ4n) is 1.33. The molecule has 74 valence electrons. The Morgan fingerprint density at radius 1 is 1.46 bits per heavy atom. The monoisotopic (exact) mass is 197 g/mol. The van der Waals surface area contributed by atoms with Crippen molar-refractivity contribution in [1.29, 1.82) is 0 Å². The first kappa shape index (κ1) is 10.7. The summed E-state index contributed by atoms with van der Waals surface area (Å²) in [5.41, 5.74) is 2.95. The molecule has 2 heteroatoms. The summed E-state index contributed by atoms with van der Waals surface area (Å²) in [6.07, 6.45) is 1.16. The third kappa shape index (κ3) is 2.82. The molecule has 0 bridgehead atoms. The molecule has 0 radical (unpaired) electrons. The molecule has 0 atom stereocenters. The average molecular weight is 197 g/mol. The number of rotatable bonds is 4. The van der Waals surface area contributed by atoms with Gasteiger partial charge in [-0.1, -0.05) is 20.8 Å². The summed E-state index contributed by atoms with van der Waals surface area (Å²) in [5.74, 6) is 0. The Labute approximate surface area is 85.2 Å². The van der Waals surface area contributed by atoms with E-state index in [2.05, 4.69) is 38.4 Å². The Morgan fingerprint density at radius 3 is 2.62 bits per heavy atom. The van der Waals surface area contributed by atoms with Crippen LogP contribution in [0.25, 0.3) is 0 Å². The van der Waals surface area contributed by atoms with Gasteiger partial charge in [0.05, 0.1) is 0 Å². The van der Waals surface area contributed by atoms with E-state index in [1.54, 1.807) is 0 Å². The Kier molecular flexibility index (Phi) is 3.94. The van der Waals surface area contributed by atoms with Crippen LogP contribution in [0.2, 0.25) is 0 Å². The second-order valence-corrected chi connectivity index (χ2v) is 4.66. The molecule has 0 aliphatic rings. The van der Waals surface area contributed by atoms with E-state index in [1.807, 2.05) is 11.3 Å². The minimum atomic E-state index is 0.573. The van der Waals surface area contributed by atoms with E-state index in [4.69, 9.17) is 0 Å². The van der Waals surface area contributed by atoms with Crippen molar-refractivity contribution < 1.29 is 0 Å². The molecule has 0 aliphatic heterocycles. The number of aryl methyl sites for hydroxylation is 1. The molecule has 0 saturated heterocycles. The molecule has 0 spiro atoms. The van der Waals surface area contributed by atoms with Gasteiger partial charge >= 0.3 is 0 Å². The summed E-state index contributed by atoms with van der Waals surface area (Å²) in [6, 6.07) is 0.573. The molecule has 1 N–H and O–H groups in total. The fourth-order valence-corrected chi connectivity index (χ4v) is 2.35. The molecular formula is C11H19NS. The van der Waals surface area contributed by atoms with Crippen LogP contribution in [0.4, 0.5) is 0 Å². The van der Waals surface area contributed by atoms with Crippen molar-refractivity contribution >= 4 is 11.3 Å². The smallest absolute Gasteiger partial charge is 0.0218 e. The molecule has 1 aromatic heterocycles. The molecule has 1 rings (SSSR count). The molecular weight excluding hydrogens is 178 g/mol. The van der Waals surface area contributed by atoms with Gasteiger partial charge in [0.15, 0.2) is 0 Å². The molecule has 0 aromatic carbocycles. The minimum Gasteiger partial charge on any atom is -0.310 e. The van der Waals surface area contributed by atoms with Crippen LogP contribution < -0.4 is 5.32 Å². The van der Waals surface area contributed by atoms with Gasteiger partial charge in [0.25, 0.3) is 0 Å². The lowest BCUT2D eigenvalue weighted by atomic mass is 10.1. The van der Waals surface area contributed by atoms with Gasteiger partial charge in [0, 0.05) is 17.5 Å². The lowest BCUT2D eigenvalue weighted by Crippen LogP contribution is -2.21. The van der Waals surface area contributed by atoms with Crippen LogP contribution >= 0.6 is 11.3 Å². The van der Waals surface area contributed by atoms with Gasteiger partial charge in [0.1, 0.15) is 0 Å². The molecule has 1 aromatic rings. The molecule has 0 unspecified atom stereocenters. The van der Waals surface area contributed by atoms with Crippen LogP contribution in [-0.4, -0.2) is 6.04 Å². The number of thiophene rings is 1. The maximum atomic E-state index is 3.45. The van der Waals surface area contributed by atoms with Gasteiger partial charge in [-0.25, -0.2) is 0 Å². The van der Waals surface area contributed by atoms with E-state index < -0.39 is 0 Å². The Bertz CT molecular complexity index is 263. The van der Waals surface area contributed by atoms with Crippen molar-refractivity contribution in [2.24, 2.45) is 0 Å². The summed E-state index contributed by atoms with van der Waals surface area (Å²) in [7, 11) is 0. The van der Waals surface area contributed by atoms with Gasteiger partial charge in [0.2, 0.25) is 0 Å². The first-order chi connectivity index (χ1) is 6.15. The number of hydrogen-bond donors (Lipinski definition) is 1. The highest BCUT2D eigenvalue weighted by atomic mass is 32.1. The third-order valence-corrected chi connectivity index (χ3v) is 3.55. The van der Waals surface area contributed by atoms with Crippen LogP contribution in [-0.2, 0) is 13.0 Å². The van der Waals surface area contributed by atoms with Crippen LogP contribution in [0, 0.1) is 6.92 Å². The maximum Gasteiger partial charge on any atom is 0.0218 e. The molecule has 0 fully saturated rings. The Hall–Kier alpha value is -0.340. The Morgan fingerprint density at radius 2 is 2.15 bits per heavy atom. The Balaban J connectivity index is 2.62. The minimum absolute atomic E-state index is 0.573. The van der Waals surface area contributed by atoms with Crippen molar-refractivity contribution in [3.05, 3.63) is 21.4 Å². The summed E-state index contributed by atoms with van der Waals surface area (Å²) in [6.45, 7) is 9.83. The predicted octanol–water partition coefficient (Wildman–Crippen LogP) is 3.12. The standard InChI is InChI=1S/C11H19NS/c1-5-11-9(4)10(7-13-11)6-12-8(2)3/h7-8,12H,5-6H2,1-4H3. The van der Waals surface area contributed by atoms with Crippen molar-refractivity contribution in [2.45, 2.75) is 46.7 Å². The summed E-state index contributed by atoms with van der Waals surface area (Å²) < 4.78 is 0. The van der Waals surface area contributed by atoms with E-state index >= 15 is 0 Å². The highest BCUT2D eigenvalue weighted by molar-refractivity contribution is 7.10. The van der Waals surface area contributed by atoms with Crippen LogP contribution in [0.15, 0.2) is 5.38 Å². The zero-order valence-electron chi connectivity index (χ0n) is 8.98. The first-order valence-corrected chi connectivity index (χ1v) is 5.82. The van der Waals surface area contributed by atoms with Crippen LogP contribution in [0.5, 0.6) is 0 Å².